The molecule has 156 valence electrons. The molecule has 2 N–H and O–H groups in total. The minimum Gasteiger partial charge on any atom is -0.368 e. The van der Waals surface area contributed by atoms with Gasteiger partial charge in [0.25, 0.3) is 0 Å². The molecule has 0 radical (unpaired) electrons. The average molecular weight is 414 g/mol. The van der Waals surface area contributed by atoms with E-state index in [1.54, 1.807) is 18.4 Å². The molecule has 6 nitrogen and oxygen atoms in total. The molecule has 3 rings (SSSR count). The minimum absolute atomic E-state index is 0.118. The van der Waals surface area contributed by atoms with Crippen molar-refractivity contribution in [2.45, 2.75) is 13.3 Å². The topological polar surface area (TPSA) is 60.0 Å². The molecular formula is C22H31N5OS. The zero-order valence-electron chi connectivity index (χ0n) is 17.3. The molecule has 2 heterocycles. The SMILES string of the molecule is CN=C(NCC(=O)N1CCN(c2ccccc2)CC1)NCC(C)Cc1cccs1. The van der Waals surface area contributed by atoms with Crippen molar-refractivity contribution in [3.8, 4) is 0 Å². The van der Waals surface area contributed by atoms with Gasteiger partial charge in [-0.15, -0.1) is 11.3 Å². The van der Waals surface area contributed by atoms with Crippen LogP contribution in [-0.4, -0.2) is 63.1 Å². The van der Waals surface area contributed by atoms with Gasteiger partial charge in [-0.05, 0) is 35.9 Å². The van der Waals surface area contributed by atoms with Gasteiger partial charge in [0.15, 0.2) is 5.96 Å². The van der Waals surface area contributed by atoms with Crippen LogP contribution in [0.3, 0.4) is 0 Å². The highest BCUT2D eigenvalue weighted by Crippen LogP contribution is 2.15. The number of hydrogen-bond donors (Lipinski definition) is 2. The van der Waals surface area contributed by atoms with E-state index in [9.17, 15) is 4.79 Å². The number of carbonyl (C=O) groups excluding carboxylic acids is 1. The number of nitrogens with zero attached hydrogens (tertiary/aromatic N) is 3. The lowest BCUT2D eigenvalue weighted by Gasteiger charge is -2.36. The van der Waals surface area contributed by atoms with Crippen LogP contribution in [0.5, 0.6) is 0 Å². The number of piperazine rings is 1. The summed E-state index contributed by atoms with van der Waals surface area (Å²) < 4.78 is 0. The Kier molecular flexibility index (Phi) is 7.93. The highest BCUT2D eigenvalue weighted by molar-refractivity contribution is 7.09. The Hall–Kier alpha value is -2.54. The van der Waals surface area contributed by atoms with Gasteiger partial charge < -0.3 is 20.4 Å². The first-order valence-corrected chi connectivity index (χ1v) is 11.1. The van der Waals surface area contributed by atoms with Crippen LogP contribution in [0.25, 0.3) is 0 Å². The average Bonchev–Trinajstić information content (AvgIpc) is 3.27. The number of benzene rings is 1. The molecule has 0 aliphatic carbocycles. The summed E-state index contributed by atoms with van der Waals surface area (Å²) in [4.78, 5) is 22.5. The number of hydrogen-bond acceptors (Lipinski definition) is 4. The molecule has 0 bridgehead atoms. The molecule has 1 amide bonds. The molecule has 1 fully saturated rings. The monoisotopic (exact) mass is 413 g/mol. The fourth-order valence-electron chi connectivity index (χ4n) is 3.46. The lowest BCUT2D eigenvalue weighted by atomic mass is 10.1. The fraction of sp³-hybridized carbons (Fsp3) is 0.455. The van der Waals surface area contributed by atoms with Crippen molar-refractivity contribution in [2.24, 2.45) is 10.9 Å². The van der Waals surface area contributed by atoms with E-state index in [2.05, 4.69) is 69.2 Å². The van der Waals surface area contributed by atoms with Gasteiger partial charge in [0.1, 0.15) is 0 Å². The van der Waals surface area contributed by atoms with Crippen molar-refractivity contribution < 1.29 is 4.79 Å². The van der Waals surface area contributed by atoms with Crippen LogP contribution >= 0.6 is 11.3 Å². The van der Waals surface area contributed by atoms with E-state index in [1.165, 1.54) is 10.6 Å². The molecule has 2 aromatic rings. The number of anilines is 1. The summed E-state index contributed by atoms with van der Waals surface area (Å²) in [5.74, 6) is 1.29. The molecule has 1 aliphatic rings. The van der Waals surface area contributed by atoms with Crippen molar-refractivity contribution >= 4 is 28.9 Å². The zero-order chi connectivity index (χ0) is 20.5. The third kappa shape index (κ3) is 6.49. The summed E-state index contributed by atoms with van der Waals surface area (Å²) >= 11 is 1.79. The number of nitrogens with one attached hydrogen (secondary N) is 2. The van der Waals surface area contributed by atoms with Gasteiger partial charge in [-0.2, -0.15) is 0 Å². The molecule has 1 saturated heterocycles. The van der Waals surface area contributed by atoms with E-state index >= 15 is 0 Å². The maximum atomic E-state index is 12.6. The first-order chi connectivity index (χ1) is 14.2. The molecule has 1 atom stereocenters. The minimum atomic E-state index is 0.118. The number of carbonyl (C=O) groups is 1. The normalized spacial score (nSPS) is 15.9. The third-order valence-electron chi connectivity index (χ3n) is 5.13. The van der Waals surface area contributed by atoms with Crippen LogP contribution < -0.4 is 15.5 Å². The molecule has 0 saturated carbocycles. The highest BCUT2D eigenvalue weighted by Gasteiger charge is 2.21. The van der Waals surface area contributed by atoms with Gasteiger partial charge in [0.05, 0.1) is 6.54 Å². The van der Waals surface area contributed by atoms with Crippen molar-refractivity contribution in [3.05, 3.63) is 52.7 Å². The number of aliphatic imine (C=N–C) groups is 1. The predicted octanol–water partition coefficient (Wildman–Crippen LogP) is 2.44. The summed E-state index contributed by atoms with van der Waals surface area (Å²) in [7, 11) is 1.74. The summed E-state index contributed by atoms with van der Waals surface area (Å²) in [5, 5.41) is 8.61. The number of guanidine groups is 1. The summed E-state index contributed by atoms with van der Waals surface area (Å²) in [6, 6.07) is 14.6. The van der Waals surface area contributed by atoms with Gasteiger partial charge in [-0.25, -0.2) is 0 Å². The van der Waals surface area contributed by atoms with Crippen LogP contribution in [0.1, 0.15) is 11.8 Å². The van der Waals surface area contributed by atoms with Gasteiger partial charge >= 0.3 is 0 Å². The van der Waals surface area contributed by atoms with E-state index in [0.29, 0.717) is 11.9 Å². The zero-order valence-corrected chi connectivity index (χ0v) is 18.1. The molecule has 29 heavy (non-hydrogen) atoms. The molecular weight excluding hydrogens is 382 g/mol. The van der Waals surface area contributed by atoms with E-state index in [1.807, 2.05) is 11.0 Å². The van der Waals surface area contributed by atoms with E-state index in [-0.39, 0.29) is 12.5 Å². The van der Waals surface area contributed by atoms with Gasteiger partial charge in [0, 0.05) is 50.3 Å². The molecule has 1 aromatic carbocycles. The van der Waals surface area contributed by atoms with Crippen LogP contribution in [0, 0.1) is 5.92 Å². The Labute approximate surface area is 177 Å². The Morgan fingerprint density at radius 1 is 1.10 bits per heavy atom. The van der Waals surface area contributed by atoms with Gasteiger partial charge in [0.2, 0.25) is 5.91 Å². The molecule has 1 aliphatic heterocycles. The molecule has 7 heteroatoms. The maximum absolute atomic E-state index is 12.6. The molecule has 1 aromatic heterocycles. The van der Waals surface area contributed by atoms with Crippen LogP contribution in [0.2, 0.25) is 0 Å². The summed E-state index contributed by atoms with van der Waals surface area (Å²) in [6.45, 7) is 6.54. The fourth-order valence-corrected chi connectivity index (χ4v) is 4.33. The van der Waals surface area contributed by atoms with Gasteiger partial charge in [-0.3, -0.25) is 9.79 Å². The molecule has 0 spiro atoms. The predicted molar refractivity (Wildman–Crippen MR) is 122 cm³/mol. The van der Waals surface area contributed by atoms with Crippen LogP contribution in [0.4, 0.5) is 5.69 Å². The third-order valence-corrected chi connectivity index (χ3v) is 6.03. The number of para-hydroxylation sites is 1. The van der Waals surface area contributed by atoms with Gasteiger partial charge in [-0.1, -0.05) is 31.2 Å². The first kappa shape index (κ1) is 21.2. The van der Waals surface area contributed by atoms with Crippen LogP contribution in [-0.2, 0) is 11.2 Å². The highest BCUT2D eigenvalue weighted by atomic mass is 32.1. The van der Waals surface area contributed by atoms with Crippen molar-refractivity contribution in [2.75, 3.05) is 51.2 Å². The number of thiophene rings is 1. The Balaban J connectivity index is 1.36. The van der Waals surface area contributed by atoms with E-state index < -0.39 is 0 Å². The van der Waals surface area contributed by atoms with E-state index in [4.69, 9.17) is 0 Å². The van der Waals surface area contributed by atoms with E-state index in [0.717, 1.165) is 39.1 Å². The van der Waals surface area contributed by atoms with Crippen molar-refractivity contribution in [1.82, 2.24) is 15.5 Å². The lowest BCUT2D eigenvalue weighted by molar-refractivity contribution is -0.130. The second-order valence-corrected chi connectivity index (χ2v) is 8.43. The number of rotatable bonds is 7. The maximum Gasteiger partial charge on any atom is 0.242 e. The Bertz CT molecular complexity index is 770. The molecule has 1 unspecified atom stereocenters. The quantitative estimate of drug-likeness (QED) is 0.541. The second-order valence-electron chi connectivity index (χ2n) is 7.40. The Morgan fingerprint density at radius 2 is 1.86 bits per heavy atom. The largest absolute Gasteiger partial charge is 0.368 e. The second kappa shape index (κ2) is 10.9. The van der Waals surface area contributed by atoms with Crippen molar-refractivity contribution in [3.63, 3.8) is 0 Å². The Morgan fingerprint density at radius 3 is 2.52 bits per heavy atom. The smallest absolute Gasteiger partial charge is 0.242 e. The van der Waals surface area contributed by atoms with Crippen LogP contribution in [0.15, 0.2) is 52.8 Å². The summed E-state index contributed by atoms with van der Waals surface area (Å²) in [6.07, 6.45) is 1.05. The lowest BCUT2D eigenvalue weighted by Crippen LogP contribution is -2.52. The summed E-state index contributed by atoms with van der Waals surface area (Å²) in [5.41, 5.74) is 1.22. The first-order valence-electron chi connectivity index (χ1n) is 10.2. The standard InChI is InChI=1S/C22H31N5OS/c1-18(15-20-9-6-14-29-20)16-24-22(23-2)25-17-21(28)27-12-10-26(11-13-27)19-7-4-3-5-8-19/h3-9,14,18H,10-13,15-17H2,1-2H3,(H2,23,24,25). The number of amides is 1. The van der Waals surface area contributed by atoms with Crippen molar-refractivity contribution in [1.29, 1.82) is 0 Å².